The Kier molecular flexibility index (Phi) is 6.94. The van der Waals surface area contributed by atoms with Crippen LogP contribution in [0.5, 0.6) is 0 Å². The molecule has 0 amide bonds. The van der Waals surface area contributed by atoms with Gasteiger partial charge in [-0.15, -0.1) is 0 Å². The standard InChI is InChI=1S/C13H16O3.C2H6/c1-4-16-12(15)13(3,10(2)14)11-8-6-5-7-9-11;1-2/h5-9H,4H2,1-3H3;1-2H3. The normalized spacial score (nSPS) is 12.7. The molecule has 0 N–H and O–H groups in total. The summed E-state index contributed by atoms with van der Waals surface area (Å²) in [4.78, 5) is 23.5. The molecule has 1 atom stereocenters. The molecule has 3 heteroatoms. The predicted molar refractivity (Wildman–Crippen MR) is 72.5 cm³/mol. The Bertz CT molecular complexity index is 384. The highest BCUT2D eigenvalue weighted by molar-refractivity contribution is 6.08. The lowest BCUT2D eigenvalue weighted by Crippen LogP contribution is -2.40. The number of hydrogen-bond acceptors (Lipinski definition) is 3. The summed E-state index contributed by atoms with van der Waals surface area (Å²) in [6.07, 6.45) is 0. The lowest BCUT2D eigenvalue weighted by atomic mass is 9.79. The van der Waals surface area contributed by atoms with E-state index in [1.165, 1.54) is 6.92 Å². The zero-order chi connectivity index (χ0) is 14.2. The Labute approximate surface area is 109 Å². The van der Waals surface area contributed by atoms with Gasteiger partial charge in [-0.3, -0.25) is 9.59 Å². The van der Waals surface area contributed by atoms with E-state index < -0.39 is 11.4 Å². The van der Waals surface area contributed by atoms with Gasteiger partial charge in [0.25, 0.3) is 0 Å². The Morgan fingerprint density at radius 3 is 2.06 bits per heavy atom. The van der Waals surface area contributed by atoms with Crippen LogP contribution in [0.15, 0.2) is 30.3 Å². The maximum Gasteiger partial charge on any atom is 0.323 e. The molecular weight excluding hydrogens is 228 g/mol. The number of ether oxygens (including phenoxy) is 1. The predicted octanol–water partition coefficient (Wildman–Crippen LogP) is 3.12. The van der Waals surface area contributed by atoms with E-state index in [1.54, 1.807) is 38.1 Å². The van der Waals surface area contributed by atoms with Crippen molar-refractivity contribution in [3.05, 3.63) is 35.9 Å². The molecule has 1 rings (SSSR count). The Hall–Kier alpha value is -1.64. The second-order valence-corrected chi connectivity index (χ2v) is 3.77. The van der Waals surface area contributed by atoms with Gasteiger partial charge >= 0.3 is 5.97 Å². The summed E-state index contributed by atoms with van der Waals surface area (Å²) in [5, 5.41) is 0. The average molecular weight is 250 g/mol. The van der Waals surface area contributed by atoms with Gasteiger partial charge in [0.05, 0.1) is 6.61 Å². The summed E-state index contributed by atoms with van der Waals surface area (Å²) in [7, 11) is 0. The second-order valence-electron chi connectivity index (χ2n) is 3.77. The van der Waals surface area contributed by atoms with E-state index in [2.05, 4.69) is 0 Å². The lowest BCUT2D eigenvalue weighted by molar-refractivity contribution is -0.152. The van der Waals surface area contributed by atoms with Gasteiger partial charge < -0.3 is 4.74 Å². The Morgan fingerprint density at radius 2 is 1.67 bits per heavy atom. The highest BCUT2D eigenvalue weighted by atomic mass is 16.5. The molecule has 0 aliphatic rings. The average Bonchev–Trinajstić information content (AvgIpc) is 2.41. The van der Waals surface area contributed by atoms with Crippen molar-refractivity contribution in [2.75, 3.05) is 6.61 Å². The minimum absolute atomic E-state index is 0.211. The third-order valence-electron chi connectivity index (χ3n) is 2.74. The molecular formula is C15H22O3. The number of benzene rings is 1. The molecule has 1 aromatic carbocycles. The number of esters is 1. The zero-order valence-corrected chi connectivity index (χ0v) is 11.8. The highest BCUT2D eigenvalue weighted by Gasteiger charge is 2.41. The van der Waals surface area contributed by atoms with Gasteiger partial charge in [0, 0.05) is 0 Å². The van der Waals surface area contributed by atoms with Crippen molar-refractivity contribution >= 4 is 11.8 Å². The van der Waals surface area contributed by atoms with Gasteiger partial charge in [-0.25, -0.2) is 0 Å². The summed E-state index contributed by atoms with van der Waals surface area (Å²) in [6.45, 7) is 9.00. The van der Waals surface area contributed by atoms with Crippen LogP contribution in [-0.4, -0.2) is 18.4 Å². The molecule has 0 saturated carbocycles. The first-order valence-corrected chi connectivity index (χ1v) is 6.27. The van der Waals surface area contributed by atoms with E-state index in [0.29, 0.717) is 5.56 Å². The molecule has 0 bridgehead atoms. The third kappa shape index (κ3) is 3.42. The number of rotatable bonds is 4. The Morgan fingerprint density at radius 1 is 1.17 bits per heavy atom. The first-order valence-electron chi connectivity index (χ1n) is 6.27. The van der Waals surface area contributed by atoms with Crippen molar-refractivity contribution in [2.24, 2.45) is 0 Å². The van der Waals surface area contributed by atoms with Gasteiger partial charge in [0.2, 0.25) is 0 Å². The van der Waals surface area contributed by atoms with Crippen LogP contribution in [0.4, 0.5) is 0 Å². The van der Waals surface area contributed by atoms with E-state index >= 15 is 0 Å². The van der Waals surface area contributed by atoms with Crippen molar-refractivity contribution in [2.45, 2.75) is 40.0 Å². The van der Waals surface area contributed by atoms with Crippen LogP contribution in [0.25, 0.3) is 0 Å². The molecule has 0 heterocycles. The van der Waals surface area contributed by atoms with Crippen molar-refractivity contribution < 1.29 is 14.3 Å². The minimum Gasteiger partial charge on any atom is -0.465 e. The lowest BCUT2D eigenvalue weighted by Gasteiger charge is -2.24. The fraction of sp³-hybridized carbons (Fsp3) is 0.467. The van der Waals surface area contributed by atoms with Crippen LogP contribution in [0.1, 0.15) is 40.2 Å². The largest absolute Gasteiger partial charge is 0.465 e. The number of carbonyl (C=O) groups is 2. The first-order chi connectivity index (χ1) is 8.53. The van der Waals surface area contributed by atoms with E-state index in [4.69, 9.17) is 4.74 Å². The van der Waals surface area contributed by atoms with Gasteiger partial charge in [0.1, 0.15) is 5.41 Å². The molecule has 1 unspecified atom stereocenters. The van der Waals surface area contributed by atoms with E-state index in [9.17, 15) is 9.59 Å². The summed E-state index contributed by atoms with van der Waals surface area (Å²) < 4.78 is 4.96. The van der Waals surface area contributed by atoms with Crippen molar-refractivity contribution in [1.82, 2.24) is 0 Å². The number of hydrogen-bond donors (Lipinski definition) is 0. The molecule has 0 fully saturated rings. The van der Waals surface area contributed by atoms with E-state index in [1.807, 2.05) is 19.9 Å². The van der Waals surface area contributed by atoms with Crippen LogP contribution in [-0.2, 0) is 19.7 Å². The topological polar surface area (TPSA) is 43.4 Å². The quantitative estimate of drug-likeness (QED) is 0.609. The fourth-order valence-electron chi connectivity index (χ4n) is 1.51. The zero-order valence-electron chi connectivity index (χ0n) is 11.8. The molecule has 1 aromatic rings. The Balaban J connectivity index is 0.00000137. The molecule has 100 valence electrons. The molecule has 0 spiro atoms. The summed E-state index contributed by atoms with van der Waals surface area (Å²) in [5.74, 6) is -0.703. The summed E-state index contributed by atoms with van der Waals surface area (Å²) >= 11 is 0. The van der Waals surface area contributed by atoms with Crippen molar-refractivity contribution in [3.63, 3.8) is 0 Å². The maximum absolute atomic E-state index is 11.9. The molecule has 0 radical (unpaired) electrons. The van der Waals surface area contributed by atoms with Crippen molar-refractivity contribution in [3.8, 4) is 0 Å². The minimum atomic E-state index is -1.20. The van der Waals surface area contributed by atoms with Gasteiger partial charge in [0.15, 0.2) is 5.78 Å². The van der Waals surface area contributed by atoms with Crippen LogP contribution in [0, 0.1) is 0 Å². The van der Waals surface area contributed by atoms with Crippen molar-refractivity contribution in [1.29, 1.82) is 0 Å². The van der Waals surface area contributed by atoms with Crippen LogP contribution < -0.4 is 0 Å². The number of carbonyl (C=O) groups excluding carboxylic acids is 2. The smallest absolute Gasteiger partial charge is 0.323 e. The monoisotopic (exact) mass is 250 g/mol. The SMILES string of the molecule is CC.CCOC(=O)C(C)(C(C)=O)c1ccccc1. The van der Waals surface area contributed by atoms with Crippen LogP contribution >= 0.6 is 0 Å². The summed E-state index contributed by atoms with van der Waals surface area (Å²) in [5.41, 5.74) is -0.530. The highest BCUT2D eigenvalue weighted by Crippen LogP contribution is 2.26. The molecule has 0 aliphatic heterocycles. The van der Waals surface area contributed by atoms with Gasteiger partial charge in [-0.1, -0.05) is 44.2 Å². The molecule has 3 nitrogen and oxygen atoms in total. The number of Topliss-reactive ketones (excluding diaryl/α,β-unsaturated/α-hetero) is 1. The molecule has 0 saturated heterocycles. The van der Waals surface area contributed by atoms with Gasteiger partial charge in [-0.05, 0) is 26.3 Å². The third-order valence-corrected chi connectivity index (χ3v) is 2.74. The van der Waals surface area contributed by atoms with Crippen LogP contribution in [0.2, 0.25) is 0 Å². The molecule has 0 aliphatic carbocycles. The van der Waals surface area contributed by atoms with E-state index in [0.717, 1.165) is 0 Å². The van der Waals surface area contributed by atoms with Gasteiger partial charge in [-0.2, -0.15) is 0 Å². The number of ketones is 1. The summed E-state index contributed by atoms with van der Waals surface area (Å²) in [6, 6.07) is 8.97. The van der Waals surface area contributed by atoms with Crippen LogP contribution in [0.3, 0.4) is 0 Å². The maximum atomic E-state index is 11.9. The molecule has 0 aromatic heterocycles. The fourth-order valence-corrected chi connectivity index (χ4v) is 1.51. The molecule has 18 heavy (non-hydrogen) atoms. The first kappa shape index (κ1) is 16.4. The van der Waals surface area contributed by atoms with E-state index in [-0.39, 0.29) is 12.4 Å². The second kappa shape index (κ2) is 7.64.